The van der Waals surface area contributed by atoms with Crippen molar-refractivity contribution < 1.29 is 9.84 Å². The summed E-state index contributed by atoms with van der Waals surface area (Å²) < 4.78 is 5.78. The Morgan fingerprint density at radius 1 is 1.35 bits per heavy atom. The summed E-state index contributed by atoms with van der Waals surface area (Å²) in [6.45, 7) is 3.23. The lowest BCUT2D eigenvalue weighted by Gasteiger charge is -2.32. The van der Waals surface area contributed by atoms with Gasteiger partial charge in [0.15, 0.2) is 0 Å². The lowest BCUT2D eigenvalue weighted by atomic mass is 9.98. The van der Waals surface area contributed by atoms with E-state index in [9.17, 15) is 5.11 Å². The largest absolute Gasteiger partial charge is 0.395 e. The van der Waals surface area contributed by atoms with Crippen LogP contribution < -0.4 is 5.32 Å². The van der Waals surface area contributed by atoms with Crippen LogP contribution in [0, 0.1) is 0 Å². The molecule has 0 amide bonds. The van der Waals surface area contributed by atoms with Crippen molar-refractivity contribution in [1.82, 2.24) is 5.32 Å². The van der Waals surface area contributed by atoms with Crippen LogP contribution in [-0.4, -0.2) is 36.5 Å². The Balaban J connectivity index is 1.83. The van der Waals surface area contributed by atoms with Crippen LogP contribution in [0.3, 0.4) is 0 Å². The Morgan fingerprint density at radius 2 is 2.15 bits per heavy atom. The fourth-order valence-electron chi connectivity index (χ4n) is 2.96. The topological polar surface area (TPSA) is 41.5 Å². The maximum Gasteiger partial charge on any atom is 0.0589 e. The molecule has 1 heterocycles. The molecule has 1 fully saturated rings. The van der Waals surface area contributed by atoms with Crippen molar-refractivity contribution in [3.63, 3.8) is 0 Å². The lowest BCUT2D eigenvalue weighted by Crippen LogP contribution is -2.46. The summed E-state index contributed by atoms with van der Waals surface area (Å²) in [4.78, 5) is 0. The number of hydrogen-bond acceptors (Lipinski definition) is 3. The summed E-state index contributed by atoms with van der Waals surface area (Å²) >= 11 is 0. The van der Waals surface area contributed by atoms with Gasteiger partial charge in [-0.15, -0.1) is 0 Å². The molecule has 0 bridgehead atoms. The minimum Gasteiger partial charge on any atom is -0.395 e. The van der Waals surface area contributed by atoms with E-state index >= 15 is 0 Å². The molecular weight excluding hydrogens is 250 g/mol. The van der Waals surface area contributed by atoms with Crippen molar-refractivity contribution in [2.45, 2.75) is 57.2 Å². The molecule has 3 unspecified atom stereocenters. The van der Waals surface area contributed by atoms with E-state index in [4.69, 9.17) is 4.74 Å². The SMILES string of the molecule is CCCC1CC(NC(CO)Cc2ccccc2)CCO1. The van der Waals surface area contributed by atoms with E-state index in [1.54, 1.807) is 0 Å². The second-order valence-corrected chi connectivity index (χ2v) is 5.74. The first-order valence-electron chi connectivity index (χ1n) is 7.84. The van der Waals surface area contributed by atoms with Crippen molar-refractivity contribution in [3.05, 3.63) is 35.9 Å². The molecule has 3 nitrogen and oxygen atoms in total. The van der Waals surface area contributed by atoms with Gasteiger partial charge in [0.1, 0.15) is 0 Å². The van der Waals surface area contributed by atoms with Crippen LogP contribution in [0.25, 0.3) is 0 Å². The first kappa shape index (κ1) is 15.5. The number of hydrogen-bond donors (Lipinski definition) is 2. The predicted octanol–water partition coefficient (Wildman–Crippen LogP) is 2.53. The Morgan fingerprint density at radius 3 is 2.85 bits per heavy atom. The van der Waals surface area contributed by atoms with Crippen LogP contribution in [0.15, 0.2) is 30.3 Å². The summed E-state index contributed by atoms with van der Waals surface area (Å²) in [6, 6.07) is 11.0. The quantitative estimate of drug-likeness (QED) is 0.805. The van der Waals surface area contributed by atoms with Gasteiger partial charge in [0.25, 0.3) is 0 Å². The maximum atomic E-state index is 9.59. The monoisotopic (exact) mass is 277 g/mol. The Labute approximate surface area is 122 Å². The van der Waals surface area contributed by atoms with Crippen LogP contribution in [0.4, 0.5) is 0 Å². The fourth-order valence-corrected chi connectivity index (χ4v) is 2.96. The molecule has 0 aromatic heterocycles. The fraction of sp³-hybridized carbons (Fsp3) is 0.647. The van der Waals surface area contributed by atoms with Crippen LogP contribution in [-0.2, 0) is 11.2 Å². The standard InChI is InChI=1S/C17H27NO2/c1-2-6-17-12-15(9-10-20-17)18-16(13-19)11-14-7-4-3-5-8-14/h3-5,7-8,15-19H,2,6,9-13H2,1H3. The van der Waals surface area contributed by atoms with Gasteiger partial charge in [0, 0.05) is 18.7 Å². The highest BCUT2D eigenvalue weighted by atomic mass is 16.5. The molecule has 1 aromatic carbocycles. The highest BCUT2D eigenvalue weighted by Gasteiger charge is 2.23. The van der Waals surface area contributed by atoms with Crippen LogP contribution >= 0.6 is 0 Å². The van der Waals surface area contributed by atoms with E-state index in [2.05, 4.69) is 36.5 Å². The maximum absolute atomic E-state index is 9.59. The lowest BCUT2D eigenvalue weighted by molar-refractivity contribution is -0.00625. The Bertz CT molecular complexity index is 367. The van der Waals surface area contributed by atoms with Gasteiger partial charge in [-0.3, -0.25) is 0 Å². The molecular formula is C17H27NO2. The van der Waals surface area contributed by atoms with Crippen molar-refractivity contribution in [2.75, 3.05) is 13.2 Å². The van der Waals surface area contributed by atoms with Crippen LogP contribution in [0.2, 0.25) is 0 Å². The van der Waals surface area contributed by atoms with E-state index in [0.29, 0.717) is 12.1 Å². The second-order valence-electron chi connectivity index (χ2n) is 5.74. The molecule has 0 saturated carbocycles. The minimum atomic E-state index is 0.141. The zero-order chi connectivity index (χ0) is 14.2. The first-order chi connectivity index (χ1) is 9.81. The number of ether oxygens (including phenoxy) is 1. The van der Waals surface area contributed by atoms with Crippen molar-refractivity contribution in [2.24, 2.45) is 0 Å². The van der Waals surface area contributed by atoms with E-state index in [1.165, 1.54) is 12.0 Å². The number of rotatable bonds is 7. The molecule has 0 spiro atoms. The van der Waals surface area contributed by atoms with E-state index in [1.807, 2.05) is 6.07 Å². The molecule has 1 saturated heterocycles. The third kappa shape index (κ3) is 4.89. The summed E-state index contributed by atoms with van der Waals surface area (Å²) in [7, 11) is 0. The first-order valence-corrected chi connectivity index (χ1v) is 7.84. The molecule has 20 heavy (non-hydrogen) atoms. The van der Waals surface area contributed by atoms with Gasteiger partial charge in [0.2, 0.25) is 0 Å². The summed E-state index contributed by atoms with van der Waals surface area (Å²) in [5, 5.41) is 13.2. The van der Waals surface area contributed by atoms with Gasteiger partial charge in [-0.1, -0.05) is 43.7 Å². The summed E-state index contributed by atoms with van der Waals surface area (Å²) in [5.74, 6) is 0. The number of aliphatic hydroxyl groups excluding tert-OH is 1. The van der Waals surface area contributed by atoms with Gasteiger partial charge in [-0.05, 0) is 31.2 Å². The molecule has 1 aromatic rings. The zero-order valence-electron chi connectivity index (χ0n) is 12.4. The van der Waals surface area contributed by atoms with Gasteiger partial charge >= 0.3 is 0 Å². The van der Waals surface area contributed by atoms with Crippen LogP contribution in [0.5, 0.6) is 0 Å². The zero-order valence-corrected chi connectivity index (χ0v) is 12.4. The molecule has 1 aliphatic heterocycles. The van der Waals surface area contributed by atoms with E-state index in [-0.39, 0.29) is 12.6 Å². The number of benzene rings is 1. The molecule has 112 valence electrons. The van der Waals surface area contributed by atoms with E-state index < -0.39 is 0 Å². The van der Waals surface area contributed by atoms with Gasteiger partial charge < -0.3 is 15.2 Å². The van der Waals surface area contributed by atoms with E-state index in [0.717, 1.165) is 32.3 Å². The third-order valence-electron chi connectivity index (χ3n) is 3.99. The van der Waals surface area contributed by atoms with Gasteiger partial charge in [-0.25, -0.2) is 0 Å². The molecule has 1 aliphatic rings. The Kier molecular flexibility index (Phi) is 6.51. The molecule has 2 rings (SSSR count). The molecule has 3 heteroatoms. The average Bonchev–Trinajstić information content (AvgIpc) is 2.48. The second kappa shape index (κ2) is 8.40. The van der Waals surface area contributed by atoms with Crippen molar-refractivity contribution in [1.29, 1.82) is 0 Å². The third-order valence-corrected chi connectivity index (χ3v) is 3.99. The highest BCUT2D eigenvalue weighted by molar-refractivity contribution is 5.16. The summed E-state index contributed by atoms with van der Waals surface area (Å²) in [5.41, 5.74) is 1.27. The predicted molar refractivity (Wildman–Crippen MR) is 81.8 cm³/mol. The molecule has 0 radical (unpaired) electrons. The molecule has 3 atom stereocenters. The number of aliphatic hydroxyl groups is 1. The van der Waals surface area contributed by atoms with Gasteiger partial charge in [0.05, 0.1) is 12.7 Å². The Hall–Kier alpha value is -0.900. The normalized spacial score (nSPS) is 24.5. The molecule has 0 aliphatic carbocycles. The average molecular weight is 277 g/mol. The van der Waals surface area contributed by atoms with Crippen molar-refractivity contribution in [3.8, 4) is 0 Å². The molecule has 2 N–H and O–H groups in total. The minimum absolute atomic E-state index is 0.141. The highest BCUT2D eigenvalue weighted by Crippen LogP contribution is 2.18. The smallest absolute Gasteiger partial charge is 0.0589 e. The number of nitrogens with one attached hydrogen (secondary N) is 1. The summed E-state index contributed by atoms with van der Waals surface area (Å²) in [6.07, 6.45) is 5.70. The van der Waals surface area contributed by atoms with Crippen molar-refractivity contribution >= 4 is 0 Å². The van der Waals surface area contributed by atoms with Crippen LogP contribution in [0.1, 0.15) is 38.2 Å². The van der Waals surface area contributed by atoms with Gasteiger partial charge in [-0.2, -0.15) is 0 Å².